The summed E-state index contributed by atoms with van der Waals surface area (Å²) in [4.78, 5) is 8.90. The van der Waals surface area contributed by atoms with Gasteiger partial charge in [0.1, 0.15) is 12.4 Å². The first-order valence-corrected chi connectivity index (χ1v) is 8.80. The highest BCUT2D eigenvalue weighted by atomic mass is 127. The molecule has 142 valence electrons. The van der Waals surface area contributed by atoms with Crippen molar-refractivity contribution < 1.29 is 4.74 Å². The fraction of sp³-hybridized carbons (Fsp3) is 0.400. The number of nitrogens with zero attached hydrogens (tertiary/aromatic N) is 2. The van der Waals surface area contributed by atoms with Crippen LogP contribution in [0, 0.1) is 13.8 Å². The van der Waals surface area contributed by atoms with Gasteiger partial charge in [-0.25, -0.2) is 0 Å². The maximum absolute atomic E-state index is 5.81. The summed E-state index contributed by atoms with van der Waals surface area (Å²) < 4.78 is 5.81. The van der Waals surface area contributed by atoms with Gasteiger partial charge >= 0.3 is 0 Å². The van der Waals surface area contributed by atoms with Gasteiger partial charge < -0.3 is 15.4 Å². The Labute approximate surface area is 173 Å². The number of rotatable bonds is 8. The zero-order chi connectivity index (χ0) is 17.9. The molecule has 0 saturated carbocycles. The van der Waals surface area contributed by atoms with Crippen molar-refractivity contribution in [2.45, 2.75) is 27.2 Å². The summed E-state index contributed by atoms with van der Waals surface area (Å²) in [6.07, 6.45) is 2.64. The van der Waals surface area contributed by atoms with Crippen LogP contribution in [0.4, 0.5) is 0 Å². The van der Waals surface area contributed by atoms with E-state index in [-0.39, 0.29) is 24.0 Å². The lowest BCUT2D eigenvalue weighted by molar-refractivity contribution is 0.321. The van der Waals surface area contributed by atoms with Gasteiger partial charge in [-0.1, -0.05) is 12.1 Å². The van der Waals surface area contributed by atoms with E-state index in [0.29, 0.717) is 19.7 Å². The number of guanidine groups is 1. The smallest absolute Gasteiger partial charge is 0.191 e. The van der Waals surface area contributed by atoms with Gasteiger partial charge in [-0.2, -0.15) is 0 Å². The van der Waals surface area contributed by atoms with Crippen molar-refractivity contribution in [3.05, 3.63) is 59.4 Å². The first-order chi connectivity index (χ1) is 12.2. The number of aromatic nitrogens is 1. The Morgan fingerprint density at radius 1 is 1.12 bits per heavy atom. The van der Waals surface area contributed by atoms with Crippen molar-refractivity contribution in [3.8, 4) is 5.75 Å². The number of halogens is 1. The third-order valence-electron chi connectivity index (χ3n) is 3.57. The molecule has 0 fully saturated rings. The highest BCUT2D eigenvalue weighted by Crippen LogP contribution is 2.15. The lowest BCUT2D eigenvalue weighted by Gasteiger charge is -2.12. The van der Waals surface area contributed by atoms with Crippen molar-refractivity contribution in [3.63, 3.8) is 0 Å². The van der Waals surface area contributed by atoms with E-state index in [1.165, 1.54) is 11.1 Å². The highest BCUT2D eigenvalue weighted by molar-refractivity contribution is 14.0. The average Bonchev–Trinajstić information content (AvgIpc) is 2.59. The molecule has 0 spiro atoms. The summed E-state index contributed by atoms with van der Waals surface area (Å²) in [6, 6.07) is 12.2. The van der Waals surface area contributed by atoms with Crippen LogP contribution in [0.15, 0.2) is 47.6 Å². The summed E-state index contributed by atoms with van der Waals surface area (Å²) in [5.74, 6) is 1.72. The van der Waals surface area contributed by atoms with E-state index in [9.17, 15) is 0 Å². The molecule has 2 N–H and O–H groups in total. The maximum atomic E-state index is 5.81. The molecule has 6 heteroatoms. The Hall–Kier alpha value is -1.83. The van der Waals surface area contributed by atoms with Crippen molar-refractivity contribution in [1.29, 1.82) is 0 Å². The third kappa shape index (κ3) is 8.51. The van der Waals surface area contributed by atoms with Crippen LogP contribution in [0.3, 0.4) is 0 Å². The number of nitrogens with one attached hydrogen (secondary N) is 2. The minimum atomic E-state index is 0. The van der Waals surface area contributed by atoms with E-state index in [4.69, 9.17) is 4.74 Å². The van der Waals surface area contributed by atoms with Crippen LogP contribution in [-0.4, -0.2) is 37.2 Å². The minimum absolute atomic E-state index is 0. The lowest BCUT2D eigenvalue weighted by atomic mass is 10.1. The molecule has 0 aliphatic heterocycles. The summed E-state index contributed by atoms with van der Waals surface area (Å²) in [5, 5.41) is 6.55. The van der Waals surface area contributed by atoms with Crippen LogP contribution in [0.2, 0.25) is 0 Å². The normalized spacial score (nSPS) is 10.8. The van der Waals surface area contributed by atoms with Crippen LogP contribution < -0.4 is 15.4 Å². The van der Waals surface area contributed by atoms with Crippen LogP contribution >= 0.6 is 24.0 Å². The predicted molar refractivity (Wildman–Crippen MR) is 119 cm³/mol. The van der Waals surface area contributed by atoms with Gasteiger partial charge in [0.25, 0.3) is 0 Å². The topological polar surface area (TPSA) is 58.5 Å². The molecule has 1 aromatic carbocycles. The Bertz CT molecular complexity index is 657. The quantitative estimate of drug-likeness (QED) is 0.270. The molecule has 0 saturated heterocycles. The molecule has 0 unspecified atom stereocenters. The zero-order valence-electron chi connectivity index (χ0n) is 15.8. The Balaban J connectivity index is 0.00000338. The molecule has 0 amide bonds. The van der Waals surface area contributed by atoms with E-state index in [2.05, 4.69) is 59.6 Å². The van der Waals surface area contributed by atoms with Crippen molar-refractivity contribution >= 4 is 29.9 Å². The van der Waals surface area contributed by atoms with Crippen molar-refractivity contribution in [2.24, 2.45) is 4.99 Å². The SMILES string of the molecule is CCNC(=NCCc1ccccn1)NCCOc1cc(C)cc(C)c1.I. The van der Waals surface area contributed by atoms with E-state index in [1.807, 2.05) is 24.4 Å². The third-order valence-corrected chi connectivity index (χ3v) is 3.57. The van der Waals surface area contributed by atoms with Crippen LogP contribution in [0.25, 0.3) is 0 Å². The second kappa shape index (κ2) is 12.5. The molecule has 1 aromatic heterocycles. The molecular formula is C20H29IN4O. The van der Waals surface area contributed by atoms with Gasteiger partial charge in [-0.15, -0.1) is 24.0 Å². The van der Waals surface area contributed by atoms with E-state index in [1.54, 1.807) is 0 Å². The van der Waals surface area contributed by atoms with Gasteiger partial charge in [0, 0.05) is 31.4 Å². The summed E-state index contributed by atoms with van der Waals surface area (Å²) in [6.45, 7) is 9.03. The Morgan fingerprint density at radius 2 is 1.88 bits per heavy atom. The fourth-order valence-electron chi connectivity index (χ4n) is 2.52. The van der Waals surface area contributed by atoms with E-state index in [0.717, 1.165) is 30.4 Å². The highest BCUT2D eigenvalue weighted by Gasteiger charge is 2.00. The van der Waals surface area contributed by atoms with Gasteiger partial charge in [0.2, 0.25) is 0 Å². The zero-order valence-corrected chi connectivity index (χ0v) is 18.1. The molecule has 0 bridgehead atoms. The first kappa shape index (κ1) is 22.2. The summed E-state index contributed by atoms with van der Waals surface area (Å²) in [5.41, 5.74) is 3.49. The second-order valence-electron chi connectivity index (χ2n) is 5.93. The fourth-order valence-corrected chi connectivity index (χ4v) is 2.52. The molecule has 0 aliphatic rings. The molecule has 0 aliphatic carbocycles. The van der Waals surface area contributed by atoms with Gasteiger partial charge in [-0.3, -0.25) is 9.98 Å². The van der Waals surface area contributed by atoms with Crippen LogP contribution in [-0.2, 0) is 6.42 Å². The lowest BCUT2D eigenvalue weighted by Crippen LogP contribution is -2.39. The Kier molecular flexibility index (Phi) is 10.7. The number of aliphatic imine (C=N–C) groups is 1. The number of benzene rings is 1. The maximum Gasteiger partial charge on any atom is 0.191 e. The summed E-state index contributed by atoms with van der Waals surface area (Å²) >= 11 is 0. The van der Waals surface area contributed by atoms with Crippen LogP contribution in [0.1, 0.15) is 23.7 Å². The number of pyridine rings is 1. The molecule has 0 atom stereocenters. The molecular weight excluding hydrogens is 439 g/mol. The monoisotopic (exact) mass is 468 g/mol. The molecule has 5 nitrogen and oxygen atoms in total. The van der Waals surface area contributed by atoms with Gasteiger partial charge in [0.05, 0.1) is 6.54 Å². The molecule has 2 aromatic rings. The minimum Gasteiger partial charge on any atom is -0.492 e. The van der Waals surface area contributed by atoms with Crippen LogP contribution in [0.5, 0.6) is 5.75 Å². The molecule has 1 heterocycles. The molecule has 0 radical (unpaired) electrons. The molecule has 2 rings (SSSR count). The first-order valence-electron chi connectivity index (χ1n) is 8.80. The molecule has 26 heavy (non-hydrogen) atoms. The largest absolute Gasteiger partial charge is 0.492 e. The van der Waals surface area contributed by atoms with E-state index < -0.39 is 0 Å². The van der Waals surface area contributed by atoms with Gasteiger partial charge in [-0.05, 0) is 56.2 Å². The number of hydrogen-bond donors (Lipinski definition) is 2. The standard InChI is InChI=1S/C20H28N4O.HI/c1-4-21-20(23-10-8-18-7-5-6-9-22-18)24-11-12-25-19-14-16(2)13-17(3)15-19;/h5-7,9,13-15H,4,8,10-12H2,1-3H3,(H2,21,23,24);1H. The van der Waals surface area contributed by atoms with E-state index >= 15 is 0 Å². The number of aryl methyl sites for hydroxylation is 2. The second-order valence-corrected chi connectivity index (χ2v) is 5.93. The summed E-state index contributed by atoms with van der Waals surface area (Å²) in [7, 11) is 0. The van der Waals surface area contributed by atoms with Gasteiger partial charge in [0.15, 0.2) is 5.96 Å². The number of hydrogen-bond acceptors (Lipinski definition) is 3. The predicted octanol–water partition coefficient (Wildman–Crippen LogP) is 3.49. The Morgan fingerprint density at radius 3 is 2.54 bits per heavy atom. The van der Waals surface area contributed by atoms with Crippen molar-refractivity contribution in [2.75, 3.05) is 26.2 Å². The van der Waals surface area contributed by atoms with Crippen molar-refractivity contribution in [1.82, 2.24) is 15.6 Å². The number of ether oxygens (including phenoxy) is 1. The average molecular weight is 468 g/mol.